The van der Waals surface area contributed by atoms with Crippen LogP contribution in [0.15, 0.2) is 40.3 Å². The molecule has 5 nitrogen and oxygen atoms in total. The highest BCUT2D eigenvalue weighted by molar-refractivity contribution is 7.99. The number of aromatic amines is 1. The number of nitrogens with one attached hydrogen (secondary N) is 1. The normalized spacial score (nSPS) is 11.0. The molecule has 0 aliphatic carbocycles. The Morgan fingerprint density at radius 1 is 1.30 bits per heavy atom. The topological polar surface area (TPSA) is 78.8 Å². The minimum absolute atomic E-state index is 0.117. The molecule has 23 heavy (non-hydrogen) atoms. The summed E-state index contributed by atoms with van der Waals surface area (Å²) in [5, 5.41) is 8.54. The van der Waals surface area contributed by atoms with E-state index in [-0.39, 0.29) is 11.8 Å². The number of H-pyrrole nitrogens is 1. The summed E-state index contributed by atoms with van der Waals surface area (Å²) in [5.74, 6) is 0.833. The van der Waals surface area contributed by atoms with Crippen LogP contribution in [0.2, 0.25) is 0 Å². The average Bonchev–Trinajstić information content (AvgIpc) is 2.51. The molecule has 0 unspecified atom stereocenters. The smallest absolute Gasteiger partial charge is 0.433 e. The SMILES string of the molecule is N#Cc1ccc(OCCSc2nc(C(F)(F)F)cc(=O)[nH]2)cc1. The molecule has 1 aromatic heterocycles. The second-order valence-corrected chi connectivity index (χ2v) is 5.35. The number of hydrogen-bond acceptors (Lipinski definition) is 5. The Morgan fingerprint density at radius 2 is 2.00 bits per heavy atom. The summed E-state index contributed by atoms with van der Waals surface area (Å²) in [5.41, 5.74) is -1.59. The van der Waals surface area contributed by atoms with Crippen LogP contribution >= 0.6 is 11.8 Å². The van der Waals surface area contributed by atoms with Crippen molar-refractivity contribution in [2.24, 2.45) is 0 Å². The van der Waals surface area contributed by atoms with Gasteiger partial charge in [0.2, 0.25) is 0 Å². The first-order valence-electron chi connectivity index (χ1n) is 6.33. The lowest BCUT2D eigenvalue weighted by Crippen LogP contribution is -2.17. The van der Waals surface area contributed by atoms with Gasteiger partial charge in [-0.15, -0.1) is 0 Å². The van der Waals surface area contributed by atoms with Crippen molar-refractivity contribution in [1.29, 1.82) is 5.26 Å². The minimum atomic E-state index is -4.66. The Labute approximate surface area is 133 Å². The van der Waals surface area contributed by atoms with Gasteiger partial charge in [0.15, 0.2) is 10.9 Å². The molecule has 0 radical (unpaired) electrons. The van der Waals surface area contributed by atoms with Crippen LogP contribution in [-0.2, 0) is 6.18 Å². The largest absolute Gasteiger partial charge is 0.493 e. The number of thioether (sulfide) groups is 1. The summed E-state index contributed by atoms with van der Waals surface area (Å²) in [4.78, 5) is 16.8. The zero-order valence-electron chi connectivity index (χ0n) is 11.6. The fourth-order valence-corrected chi connectivity index (χ4v) is 2.27. The third-order valence-corrected chi connectivity index (χ3v) is 3.42. The molecule has 1 N–H and O–H groups in total. The quantitative estimate of drug-likeness (QED) is 0.514. The summed E-state index contributed by atoms with van der Waals surface area (Å²) in [6.07, 6.45) is -4.66. The number of halogens is 3. The lowest BCUT2D eigenvalue weighted by molar-refractivity contribution is -0.141. The van der Waals surface area contributed by atoms with Crippen LogP contribution in [-0.4, -0.2) is 22.3 Å². The molecule has 2 aromatic rings. The van der Waals surface area contributed by atoms with Gasteiger partial charge < -0.3 is 9.72 Å². The van der Waals surface area contributed by atoms with Gasteiger partial charge in [-0.25, -0.2) is 4.98 Å². The summed E-state index contributed by atoms with van der Waals surface area (Å²) in [7, 11) is 0. The molecule has 1 aromatic carbocycles. The van der Waals surface area contributed by atoms with E-state index in [4.69, 9.17) is 10.00 Å². The van der Waals surface area contributed by atoms with Gasteiger partial charge in [0.25, 0.3) is 5.56 Å². The zero-order chi connectivity index (χ0) is 16.9. The van der Waals surface area contributed by atoms with Gasteiger partial charge in [-0.2, -0.15) is 18.4 Å². The molecular weight excluding hydrogens is 331 g/mol. The van der Waals surface area contributed by atoms with Crippen LogP contribution in [0.3, 0.4) is 0 Å². The first-order valence-corrected chi connectivity index (χ1v) is 7.31. The van der Waals surface area contributed by atoms with E-state index in [1.165, 1.54) is 0 Å². The van der Waals surface area contributed by atoms with Crippen molar-refractivity contribution < 1.29 is 17.9 Å². The van der Waals surface area contributed by atoms with Gasteiger partial charge in [-0.05, 0) is 24.3 Å². The number of nitrogens with zero attached hydrogens (tertiary/aromatic N) is 2. The monoisotopic (exact) mass is 341 g/mol. The highest BCUT2D eigenvalue weighted by Gasteiger charge is 2.33. The maximum Gasteiger partial charge on any atom is 0.433 e. The molecule has 120 valence electrons. The van der Waals surface area contributed by atoms with Crippen LogP contribution in [0.4, 0.5) is 13.2 Å². The fraction of sp³-hybridized carbons (Fsp3) is 0.214. The molecule has 9 heteroatoms. The van der Waals surface area contributed by atoms with Crippen LogP contribution < -0.4 is 10.3 Å². The highest BCUT2D eigenvalue weighted by atomic mass is 32.2. The average molecular weight is 341 g/mol. The fourth-order valence-electron chi connectivity index (χ4n) is 1.57. The molecular formula is C14H10F3N3O2S. The van der Waals surface area contributed by atoms with Crippen LogP contribution in [0.5, 0.6) is 5.75 Å². The highest BCUT2D eigenvalue weighted by Crippen LogP contribution is 2.27. The van der Waals surface area contributed by atoms with Crippen molar-refractivity contribution in [1.82, 2.24) is 9.97 Å². The van der Waals surface area contributed by atoms with Crippen molar-refractivity contribution >= 4 is 11.8 Å². The van der Waals surface area contributed by atoms with Crippen molar-refractivity contribution in [3.8, 4) is 11.8 Å². The second-order valence-electron chi connectivity index (χ2n) is 4.27. The van der Waals surface area contributed by atoms with E-state index in [9.17, 15) is 18.0 Å². The van der Waals surface area contributed by atoms with E-state index >= 15 is 0 Å². The second kappa shape index (κ2) is 7.19. The molecule has 0 amide bonds. The van der Waals surface area contributed by atoms with E-state index in [1.807, 2.05) is 6.07 Å². The third-order valence-electron chi connectivity index (χ3n) is 2.58. The van der Waals surface area contributed by atoms with Gasteiger partial charge >= 0.3 is 6.18 Å². The molecule has 1 heterocycles. The van der Waals surface area contributed by atoms with E-state index in [2.05, 4.69) is 9.97 Å². The molecule has 0 bridgehead atoms. The molecule has 0 aliphatic heterocycles. The molecule has 0 aliphatic rings. The summed E-state index contributed by atoms with van der Waals surface area (Å²) in [6, 6.07) is 8.81. The molecule has 0 spiro atoms. The zero-order valence-corrected chi connectivity index (χ0v) is 12.4. The molecule has 0 saturated heterocycles. The number of ether oxygens (including phenoxy) is 1. The van der Waals surface area contributed by atoms with Gasteiger partial charge in [-0.1, -0.05) is 11.8 Å². The van der Waals surface area contributed by atoms with Crippen LogP contribution in [0.25, 0.3) is 0 Å². The van der Waals surface area contributed by atoms with E-state index in [1.54, 1.807) is 24.3 Å². The van der Waals surface area contributed by atoms with E-state index in [0.717, 1.165) is 11.8 Å². The van der Waals surface area contributed by atoms with Gasteiger partial charge in [-0.3, -0.25) is 4.79 Å². The third kappa shape index (κ3) is 5.03. The lowest BCUT2D eigenvalue weighted by atomic mass is 10.2. The predicted molar refractivity (Wildman–Crippen MR) is 77.2 cm³/mol. The van der Waals surface area contributed by atoms with Crippen LogP contribution in [0, 0.1) is 11.3 Å². The summed E-state index contributed by atoms with van der Waals surface area (Å²) < 4.78 is 43.0. The lowest BCUT2D eigenvalue weighted by Gasteiger charge is -2.08. The predicted octanol–water partition coefficient (Wildman–Crippen LogP) is 2.83. The van der Waals surface area contributed by atoms with E-state index < -0.39 is 17.4 Å². The number of nitriles is 1. The Balaban J connectivity index is 1.90. The Bertz CT molecular complexity index is 767. The number of benzene rings is 1. The van der Waals surface area contributed by atoms with Crippen molar-refractivity contribution in [3.05, 3.63) is 51.9 Å². The summed E-state index contributed by atoms with van der Waals surface area (Å²) >= 11 is 0.948. The molecule has 0 atom stereocenters. The standard InChI is InChI=1S/C14H10F3N3O2S/c15-14(16,17)11-7-12(21)20-13(19-11)23-6-5-22-10-3-1-9(8-18)2-4-10/h1-4,7H,5-6H2,(H,19,20,21). The van der Waals surface area contributed by atoms with E-state index in [0.29, 0.717) is 23.1 Å². The van der Waals surface area contributed by atoms with Crippen molar-refractivity contribution in [3.63, 3.8) is 0 Å². The molecule has 0 saturated carbocycles. The van der Waals surface area contributed by atoms with Crippen molar-refractivity contribution in [2.45, 2.75) is 11.3 Å². The first-order chi connectivity index (χ1) is 10.9. The van der Waals surface area contributed by atoms with Crippen molar-refractivity contribution in [2.75, 3.05) is 12.4 Å². The van der Waals surface area contributed by atoms with Gasteiger partial charge in [0.05, 0.1) is 18.2 Å². The Kier molecular flexibility index (Phi) is 5.28. The van der Waals surface area contributed by atoms with Crippen LogP contribution in [0.1, 0.15) is 11.3 Å². The first kappa shape index (κ1) is 16.9. The number of rotatable bonds is 5. The minimum Gasteiger partial charge on any atom is -0.493 e. The molecule has 0 fully saturated rings. The maximum atomic E-state index is 12.5. The van der Waals surface area contributed by atoms with Gasteiger partial charge in [0, 0.05) is 11.8 Å². The maximum absolute atomic E-state index is 12.5. The number of hydrogen-bond donors (Lipinski definition) is 1. The number of aromatic nitrogens is 2. The Morgan fingerprint density at radius 3 is 2.61 bits per heavy atom. The summed E-state index contributed by atoms with van der Waals surface area (Å²) in [6.45, 7) is 0.205. The van der Waals surface area contributed by atoms with Gasteiger partial charge in [0.1, 0.15) is 5.75 Å². The Hall–Kier alpha value is -2.47. The molecule has 2 rings (SSSR count). The number of alkyl halides is 3.